The van der Waals surface area contributed by atoms with Crippen molar-refractivity contribution in [2.24, 2.45) is 0 Å². The second-order valence-corrected chi connectivity index (χ2v) is 9.35. The summed E-state index contributed by atoms with van der Waals surface area (Å²) in [6.45, 7) is 15.8. The highest BCUT2D eigenvalue weighted by Crippen LogP contribution is 2.29. The van der Waals surface area contributed by atoms with Crippen molar-refractivity contribution < 1.29 is 9.53 Å². The number of carbonyl (C=O) groups is 1. The standard InChI is InChI=1S/C20H32N4O2S.C2H6/c1-20(2,3)26-19(25)22-16-7-11-24(12-8-16)27-18-6-4-5-17(15-18)23-13-9-21-10-14-23;1-2/h4-6,15-16,21H,7-14H2,1-3H3,(H,22,25);1-2H3. The molecule has 2 fully saturated rings. The van der Waals surface area contributed by atoms with Crippen LogP contribution in [0.4, 0.5) is 10.5 Å². The molecule has 7 heteroatoms. The highest BCUT2D eigenvalue weighted by atomic mass is 32.2. The van der Waals surface area contributed by atoms with Gasteiger partial charge in [0.15, 0.2) is 0 Å². The highest BCUT2D eigenvalue weighted by Gasteiger charge is 2.24. The lowest BCUT2D eigenvalue weighted by molar-refractivity contribution is 0.0490. The van der Waals surface area contributed by atoms with Crippen LogP contribution in [-0.4, -0.2) is 61.3 Å². The Bertz CT molecular complexity index is 621. The van der Waals surface area contributed by atoms with Crippen molar-refractivity contribution in [2.75, 3.05) is 44.2 Å². The average Bonchev–Trinajstić information content (AvgIpc) is 2.70. The number of nitrogens with zero attached hydrogens (tertiary/aromatic N) is 2. The van der Waals surface area contributed by atoms with Crippen molar-refractivity contribution in [3.05, 3.63) is 24.3 Å². The first-order valence-electron chi connectivity index (χ1n) is 10.9. The molecule has 2 aliphatic rings. The van der Waals surface area contributed by atoms with E-state index in [1.54, 1.807) is 0 Å². The molecule has 2 saturated heterocycles. The molecule has 0 aliphatic carbocycles. The molecule has 2 N–H and O–H groups in total. The molecular weight excluding hydrogens is 384 g/mol. The van der Waals surface area contributed by atoms with E-state index >= 15 is 0 Å². The summed E-state index contributed by atoms with van der Waals surface area (Å²) in [5.41, 5.74) is 0.860. The minimum absolute atomic E-state index is 0.198. The maximum atomic E-state index is 11.9. The molecule has 0 atom stereocenters. The molecule has 1 aromatic carbocycles. The van der Waals surface area contributed by atoms with Crippen LogP contribution < -0.4 is 15.5 Å². The molecule has 1 aromatic rings. The van der Waals surface area contributed by atoms with Crippen LogP contribution in [0.3, 0.4) is 0 Å². The Hall–Kier alpha value is -1.44. The molecule has 164 valence electrons. The van der Waals surface area contributed by atoms with Gasteiger partial charge in [-0.2, -0.15) is 0 Å². The van der Waals surface area contributed by atoms with Crippen molar-refractivity contribution in [1.29, 1.82) is 0 Å². The van der Waals surface area contributed by atoms with Gasteiger partial charge in [-0.3, -0.25) is 0 Å². The number of alkyl carbamates (subject to hydrolysis) is 1. The van der Waals surface area contributed by atoms with Crippen LogP contribution in [0.5, 0.6) is 0 Å². The number of hydrogen-bond acceptors (Lipinski definition) is 6. The van der Waals surface area contributed by atoms with Gasteiger partial charge in [0.25, 0.3) is 0 Å². The molecule has 6 nitrogen and oxygen atoms in total. The normalized spacial score (nSPS) is 18.6. The summed E-state index contributed by atoms with van der Waals surface area (Å²) in [6, 6.07) is 9.02. The zero-order valence-electron chi connectivity index (χ0n) is 18.7. The van der Waals surface area contributed by atoms with Crippen molar-refractivity contribution in [3.8, 4) is 0 Å². The lowest BCUT2D eigenvalue weighted by Crippen LogP contribution is -2.44. The van der Waals surface area contributed by atoms with Crippen molar-refractivity contribution in [1.82, 2.24) is 14.9 Å². The number of piperidine rings is 1. The van der Waals surface area contributed by atoms with Gasteiger partial charge in [-0.25, -0.2) is 9.10 Å². The summed E-state index contributed by atoms with van der Waals surface area (Å²) in [6.07, 6.45) is 1.59. The molecule has 0 aromatic heterocycles. The van der Waals surface area contributed by atoms with Crippen LogP contribution in [0.1, 0.15) is 47.5 Å². The number of benzene rings is 1. The first kappa shape index (κ1) is 23.8. The molecule has 29 heavy (non-hydrogen) atoms. The molecule has 2 aliphatic heterocycles. The minimum atomic E-state index is -0.448. The quantitative estimate of drug-likeness (QED) is 0.712. The molecule has 0 saturated carbocycles. The summed E-state index contributed by atoms with van der Waals surface area (Å²) >= 11 is 1.82. The number of nitrogens with one attached hydrogen (secondary N) is 2. The van der Waals surface area contributed by atoms with Gasteiger partial charge in [0, 0.05) is 55.9 Å². The zero-order valence-corrected chi connectivity index (χ0v) is 19.5. The van der Waals surface area contributed by atoms with Crippen LogP contribution in [0.25, 0.3) is 0 Å². The molecule has 1 amide bonds. The number of amides is 1. The van der Waals surface area contributed by atoms with Crippen LogP contribution in [0.15, 0.2) is 29.2 Å². The molecule has 3 rings (SSSR count). The molecule has 0 bridgehead atoms. The molecule has 0 radical (unpaired) electrons. The van der Waals surface area contributed by atoms with Gasteiger partial charge in [0.2, 0.25) is 0 Å². The van der Waals surface area contributed by atoms with E-state index in [0.717, 1.165) is 52.1 Å². The van der Waals surface area contributed by atoms with Crippen molar-refractivity contribution in [2.45, 2.75) is 64.0 Å². The number of anilines is 1. The van der Waals surface area contributed by atoms with E-state index in [4.69, 9.17) is 4.74 Å². The highest BCUT2D eigenvalue weighted by molar-refractivity contribution is 7.97. The fourth-order valence-electron chi connectivity index (χ4n) is 3.37. The van der Waals surface area contributed by atoms with E-state index in [9.17, 15) is 4.79 Å². The van der Waals surface area contributed by atoms with Gasteiger partial charge in [-0.15, -0.1) is 0 Å². The van der Waals surface area contributed by atoms with Crippen LogP contribution in [0, 0.1) is 0 Å². The van der Waals surface area contributed by atoms with E-state index < -0.39 is 5.60 Å². The Morgan fingerprint density at radius 3 is 2.41 bits per heavy atom. The number of ether oxygens (including phenoxy) is 1. The summed E-state index contributed by atoms with van der Waals surface area (Å²) in [5, 5.41) is 6.40. The van der Waals surface area contributed by atoms with E-state index in [-0.39, 0.29) is 12.1 Å². The smallest absolute Gasteiger partial charge is 0.407 e. The third-order valence-corrected chi connectivity index (χ3v) is 5.80. The lowest BCUT2D eigenvalue weighted by atomic mass is 10.1. The second-order valence-electron chi connectivity index (χ2n) is 8.18. The van der Waals surface area contributed by atoms with Crippen molar-refractivity contribution in [3.63, 3.8) is 0 Å². The second kappa shape index (κ2) is 11.7. The summed E-state index contributed by atoms with van der Waals surface area (Å²) in [4.78, 5) is 15.7. The van der Waals surface area contributed by atoms with Crippen LogP contribution in [0.2, 0.25) is 0 Å². The first-order valence-corrected chi connectivity index (χ1v) is 11.6. The third-order valence-electron chi connectivity index (χ3n) is 4.71. The van der Waals surface area contributed by atoms with Crippen LogP contribution >= 0.6 is 11.9 Å². The molecular formula is C22H38N4O2S. The predicted molar refractivity (Wildman–Crippen MR) is 123 cm³/mol. The summed E-state index contributed by atoms with van der Waals surface area (Å²) in [5.74, 6) is 0. The van der Waals surface area contributed by atoms with E-state index in [2.05, 4.69) is 44.1 Å². The van der Waals surface area contributed by atoms with E-state index in [1.165, 1.54) is 10.6 Å². The number of rotatable bonds is 4. The average molecular weight is 423 g/mol. The van der Waals surface area contributed by atoms with Gasteiger partial charge >= 0.3 is 6.09 Å². The number of hydrogen-bond donors (Lipinski definition) is 2. The Labute approximate surface area is 180 Å². The van der Waals surface area contributed by atoms with E-state index in [1.807, 2.05) is 46.6 Å². The van der Waals surface area contributed by atoms with Gasteiger partial charge in [0.1, 0.15) is 5.60 Å². The molecule has 0 spiro atoms. The largest absolute Gasteiger partial charge is 0.444 e. The Kier molecular flexibility index (Phi) is 9.59. The van der Waals surface area contributed by atoms with Gasteiger partial charge < -0.3 is 20.3 Å². The maximum Gasteiger partial charge on any atom is 0.407 e. The number of piperazine rings is 1. The number of carbonyl (C=O) groups excluding carboxylic acids is 1. The minimum Gasteiger partial charge on any atom is -0.444 e. The molecule has 2 heterocycles. The first-order chi connectivity index (χ1) is 13.9. The fourth-order valence-corrected chi connectivity index (χ4v) is 4.38. The van der Waals surface area contributed by atoms with Crippen molar-refractivity contribution >= 4 is 23.7 Å². The van der Waals surface area contributed by atoms with Gasteiger partial charge in [0.05, 0.1) is 0 Å². The lowest BCUT2D eigenvalue weighted by Gasteiger charge is -2.32. The van der Waals surface area contributed by atoms with Gasteiger partial charge in [-0.1, -0.05) is 19.9 Å². The zero-order chi connectivity index (χ0) is 21.3. The molecule has 0 unspecified atom stereocenters. The topological polar surface area (TPSA) is 56.8 Å². The monoisotopic (exact) mass is 422 g/mol. The maximum absolute atomic E-state index is 11.9. The van der Waals surface area contributed by atoms with Gasteiger partial charge in [-0.05, 0) is 63.8 Å². The predicted octanol–water partition coefficient (Wildman–Crippen LogP) is 4.12. The Balaban J connectivity index is 0.00000145. The van der Waals surface area contributed by atoms with E-state index in [0.29, 0.717) is 0 Å². The summed E-state index contributed by atoms with van der Waals surface area (Å²) in [7, 11) is 0. The third kappa shape index (κ3) is 8.44. The SMILES string of the molecule is CC.CC(C)(C)OC(=O)NC1CCN(Sc2cccc(N3CCNCC3)c2)CC1. The summed E-state index contributed by atoms with van der Waals surface area (Å²) < 4.78 is 7.75. The van der Waals surface area contributed by atoms with Crippen LogP contribution in [-0.2, 0) is 4.74 Å². The fraction of sp³-hybridized carbons (Fsp3) is 0.682. The Morgan fingerprint density at radius 2 is 1.79 bits per heavy atom. The Morgan fingerprint density at radius 1 is 1.14 bits per heavy atom.